The fraction of sp³-hybridized carbons (Fsp3) is 0.538. The first kappa shape index (κ1) is 15.4. The van der Waals surface area contributed by atoms with E-state index >= 15 is 0 Å². The highest BCUT2D eigenvalue weighted by molar-refractivity contribution is 5.78. The molecule has 0 aliphatic carbocycles. The second-order valence-corrected chi connectivity index (χ2v) is 4.68. The molecule has 0 saturated carbocycles. The molecule has 0 fully saturated rings. The molecule has 0 aromatic carbocycles. The van der Waals surface area contributed by atoms with Gasteiger partial charge >= 0.3 is 0 Å². The van der Waals surface area contributed by atoms with E-state index in [1.807, 2.05) is 13.8 Å². The van der Waals surface area contributed by atoms with Crippen LogP contribution in [-0.2, 0) is 17.9 Å². The van der Waals surface area contributed by atoms with Crippen LogP contribution >= 0.6 is 0 Å². The molecule has 1 aromatic heterocycles. The van der Waals surface area contributed by atoms with Gasteiger partial charge in [-0.15, -0.1) is 0 Å². The number of aromatic nitrogens is 1. The number of rotatable bonds is 6. The summed E-state index contributed by atoms with van der Waals surface area (Å²) in [6, 6.07) is 0.0962. The molecule has 6 heteroatoms. The molecule has 6 nitrogen and oxygen atoms in total. The van der Waals surface area contributed by atoms with E-state index in [1.165, 1.54) is 6.20 Å². The Labute approximate surface area is 112 Å². The van der Waals surface area contributed by atoms with Gasteiger partial charge < -0.3 is 20.8 Å². The van der Waals surface area contributed by atoms with Crippen molar-refractivity contribution in [3.63, 3.8) is 0 Å². The Balaban J connectivity index is 2.62. The van der Waals surface area contributed by atoms with Crippen LogP contribution in [0.15, 0.2) is 6.20 Å². The van der Waals surface area contributed by atoms with Gasteiger partial charge in [-0.05, 0) is 20.8 Å². The lowest BCUT2D eigenvalue weighted by Crippen LogP contribution is -2.37. The minimum Gasteiger partial charge on any atom is -0.506 e. The molecule has 1 heterocycles. The maximum atomic E-state index is 11.5. The Morgan fingerprint density at radius 3 is 2.74 bits per heavy atom. The Bertz CT molecular complexity index is 447. The van der Waals surface area contributed by atoms with Crippen molar-refractivity contribution >= 4 is 5.91 Å². The maximum absolute atomic E-state index is 11.5. The summed E-state index contributed by atoms with van der Waals surface area (Å²) in [7, 11) is 0. The van der Waals surface area contributed by atoms with Crippen LogP contribution in [0.25, 0.3) is 0 Å². The van der Waals surface area contributed by atoms with Gasteiger partial charge in [-0.3, -0.25) is 9.78 Å². The normalized spacial score (nSPS) is 10.8. The zero-order chi connectivity index (χ0) is 14.4. The number of hydrogen-bond donors (Lipinski definition) is 4. The third-order valence-corrected chi connectivity index (χ3v) is 2.64. The van der Waals surface area contributed by atoms with Gasteiger partial charge in [-0.2, -0.15) is 0 Å². The van der Waals surface area contributed by atoms with E-state index in [0.29, 0.717) is 23.4 Å². The lowest BCUT2D eigenvalue weighted by molar-refractivity contribution is -0.120. The summed E-state index contributed by atoms with van der Waals surface area (Å²) in [6.07, 6.45) is 1.53. The lowest BCUT2D eigenvalue weighted by atomic mass is 10.1. The van der Waals surface area contributed by atoms with Crippen molar-refractivity contribution in [1.82, 2.24) is 15.6 Å². The monoisotopic (exact) mass is 267 g/mol. The fourth-order valence-electron chi connectivity index (χ4n) is 1.69. The third kappa shape index (κ3) is 4.50. The molecule has 1 amide bonds. The summed E-state index contributed by atoms with van der Waals surface area (Å²) in [4.78, 5) is 15.4. The summed E-state index contributed by atoms with van der Waals surface area (Å²) in [5.74, 6) is -0.0471. The molecule has 0 spiro atoms. The Morgan fingerprint density at radius 1 is 1.47 bits per heavy atom. The summed E-state index contributed by atoms with van der Waals surface area (Å²) < 4.78 is 0. The molecule has 0 bridgehead atoms. The van der Waals surface area contributed by atoms with Crippen molar-refractivity contribution in [1.29, 1.82) is 0 Å². The first-order valence-electron chi connectivity index (χ1n) is 6.23. The molecule has 106 valence electrons. The topological polar surface area (TPSA) is 94.5 Å². The second kappa shape index (κ2) is 7.06. The third-order valence-electron chi connectivity index (χ3n) is 2.64. The zero-order valence-corrected chi connectivity index (χ0v) is 11.5. The molecule has 4 N–H and O–H groups in total. The number of pyridine rings is 1. The van der Waals surface area contributed by atoms with Crippen molar-refractivity contribution in [2.75, 3.05) is 6.54 Å². The van der Waals surface area contributed by atoms with Crippen LogP contribution in [0.1, 0.15) is 30.7 Å². The molecule has 0 saturated heterocycles. The van der Waals surface area contributed by atoms with E-state index in [0.717, 1.165) is 0 Å². The van der Waals surface area contributed by atoms with Crippen LogP contribution in [0.3, 0.4) is 0 Å². The van der Waals surface area contributed by atoms with Crippen molar-refractivity contribution in [3.05, 3.63) is 23.0 Å². The Kier molecular flexibility index (Phi) is 5.72. The van der Waals surface area contributed by atoms with Gasteiger partial charge in [0.2, 0.25) is 5.91 Å². The summed E-state index contributed by atoms with van der Waals surface area (Å²) in [5, 5.41) is 24.8. The molecule has 0 aliphatic rings. The highest BCUT2D eigenvalue weighted by Crippen LogP contribution is 2.23. The molecular formula is C13H21N3O3. The average Bonchev–Trinajstić information content (AvgIpc) is 2.34. The van der Waals surface area contributed by atoms with Crippen molar-refractivity contribution in [2.45, 2.75) is 40.0 Å². The van der Waals surface area contributed by atoms with Crippen molar-refractivity contribution in [3.8, 4) is 5.75 Å². The first-order chi connectivity index (χ1) is 8.95. The predicted octanol–water partition coefficient (Wildman–Crippen LogP) is 0.202. The van der Waals surface area contributed by atoms with Gasteiger partial charge in [0, 0.05) is 29.9 Å². The van der Waals surface area contributed by atoms with Gasteiger partial charge in [0.25, 0.3) is 0 Å². The Hall–Kier alpha value is -1.66. The van der Waals surface area contributed by atoms with E-state index in [1.54, 1.807) is 6.92 Å². The van der Waals surface area contributed by atoms with Crippen LogP contribution in [0, 0.1) is 6.92 Å². The fourth-order valence-corrected chi connectivity index (χ4v) is 1.69. The number of aryl methyl sites for hydroxylation is 1. The quantitative estimate of drug-likeness (QED) is 0.591. The molecule has 19 heavy (non-hydrogen) atoms. The summed E-state index contributed by atoms with van der Waals surface area (Å²) in [5.41, 5.74) is 1.63. The number of aliphatic hydroxyl groups excluding tert-OH is 1. The van der Waals surface area contributed by atoms with E-state index in [2.05, 4.69) is 15.6 Å². The van der Waals surface area contributed by atoms with Gasteiger partial charge in [0.05, 0.1) is 18.8 Å². The van der Waals surface area contributed by atoms with E-state index in [4.69, 9.17) is 0 Å². The number of hydrogen-bond acceptors (Lipinski definition) is 5. The smallest absolute Gasteiger partial charge is 0.234 e. The van der Waals surface area contributed by atoms with Crippen LogP contribution in [0.4, 0.5) is 0 Å². The zero-order valence-electron chi connectivity index (χ0n) is 11.5. The number of aromatic hydroxyl groups is 1. The number of nitrogens with zero attached hydrogens (tertiary/aromatic N) is 1. The second-order valence-electron chi connectivity index (χ2n) is 4.68. The van der Waals surface area contributed by atoms with Crippen LogP contribution in [0.5, 0.6) is 5.75 Å². The number of aliphatic hydroxyl groups is 1. The van der Waals surface area contributed by atoms with Crippen LogP contribution < -0.4 is 10.6 Å². The first-order valence-corrected chi connectivity index (χ1v) is 6.23. The molecule has 0 unspecified atom stereocenters. The number of carbonyl (C=O) groups excluding carboxylic acids is 1. The molecule has 0 radical (unpaired) electrons. The molecule has 1 aromatic rings. The van der Waals surface area contributed by atoms with Crippen LogP contribution in [-0.4, -0.2) is 33.7 Å². The van der Waals surface area contributed by atoms with Crippen molar-refractivity contribution < 1.29 is 15.0 Å². The Morgan fingerprint density at radius 2 is 2.16 bits per heavy atom. The summed E-state index contributed by atoms with van der Waals surface area (Å²) >= 11 is 0. The minimum atomic E-state index is -0.198. The predicted molar refractivity (Wildman–Crippen MR) is 71.5 cm³/mol. The minimum absolute atomic E-state index is 0.0586. The highest BCUT2D eigenvalue weighted by Gasteiger charge is 2.11. The largest absolute Gasteiger partial charge is 0.506 e. The standard InChI is InChI=1S/C13H21N3O3/c1-8(2)16-12(18)6-14-5-11-10(7-17)4-15-9(3)13(11)19/h4,8,14,17,19H,5-7H2,1-3H3,(H,16,18). The van der Waals surface area contributed by atoms with Gasteiger partial charge in [0.1, 0.15) is 5.75 Å². The van der Waals surface area contributed by atoms with E-state index in [9.17, 15) is 15.0 Å². The van der Waals surface area contributed by atoms with Gasteiger partial charge in [-0.25, -0.2) is 0 Å². The molecule has 0 aliphatic heterocycles. The summed E-state index contributed by atoms with van der Waals surface area (Å²) in [6.45, 7) is 5.72. The lowest BCUT2D eigenvalue weighted by Gasteiger charge is -2.13. The number of carbonyl (C=O) groups is 1. The van der Waals surface area contributed by atoms with Gasteiger partial charge in [0.15, 0.2) is 0 Å². The molecular weight excluding hydrogens is 246 g/mol. The average molecular weight is 267 g/mol. The van der Waals surface area contributed by atoms with E-state index in [-0.39, 0.29) is 30.9 Å². The number of amides is 1. The molecule has 0 atom stereocenters. The SMILES string of the molecule is Cc1ncc(CO)c(CNCC(=O)NC(C)C)c1O. The van der Waals surface area contributed by atoms with Crippen LogP contribution in [0.2, 0.25) is 0 Å². The number of nitrogens with one attached hydrogen (secondary N) is 2. The van der Waals surface area contributed by atoms with Gasteiger partial charge in [-0.1, -0.05) is 0 Å². The van der Waals surface area contributed by atoms with E-state index < -0.39 is 0 Å². The highest BCUT2D eigenvalue weighted by atomic mass is 16.3. The molecule has 1 rings (SSSR count). The maximum Gasteiger partial charge on any atom is 0.234 e. The van der Waals surface area contributed by atoms with Crippen molar-refractivity contribution in [2.24, 2.45) is 0 Å².